The van der Waals surface area contributed by atoms with E-state index in [1.165, 1.54) is 38.3 Å². The molecule has 0 aliphatic rings. The minimum Gasteiger partial charge on any atom is -0.0989 e. The second-order valence-electron chi connectivity index (χ2n) is 8.50. The van der Waals surface area contributed by atoms with Gasteiger partial charge in [-0.05, 0) is 12.8 Å². The van der Waals surface area contributed by atoms with Crippen molar-refractivity contribution in [1.82, 2.24) is 0 Å². The SMILES string of the molecule is CB(CCC/C=C/[Si](C)(C)C)CCC/C=C/[Si](C)(C)C. The molecular formula is C17H37BSi2. The fourth-order valence-corrected chi connectivity index (χ4v) is 3.93. The van der Waals surface area contributed by atoms with Crippen LogP contribution >= 0.6 is 0 Å². The molecule has 0 rings (SSSR count). The first kappa shape index (κ1) is 20.0. The molecule has 116 valence electrons. The maximum absolute atomic E-state index is 2.48. The van der Waals surface area contributed by atoms with E-state index in [1.807, 2.05) is 0 Å². The van der Waals surface area contributed by atoms with Gasteiger partial charge in [0, 0.05) is 0 Å². The second-order valence-corrected chi connectivity index (χ2v) is 18.6. The highest BCUT2D eigenvalue weighted by molar-refractivity contribution is 6.81. The molecule has 0 radical (unpaired) electrons. The molecule has 3 heteroatoms. The number of allylic oxidation sites excluding steroid dienone is 2. The molecule has 0 aliphatic carbocycles. The van der Waals surface area contributed by atoms with Crippen LogP contribution in [-0.4, -0.2) is 22.9 Å². The number of rotatable bonds is 10. The average Bonchev–Trinajstić information content (AvgIpc) is 2.25. The van der Waals surface area contributed by atoms with Gasteiger partial charge >= 0.3 is 0 Å². The van der Waals surface area contributed by atoms with Gasteiger partial charge in [0.15, 0.2) is 0 Å². The molecule has 0 saturated carbocycles. The van der Waals surface area contributed by atoms with Crippen LogP contribution in [0, 0.1) is 0 Å². The molecule has 0 spiro atoms. The fraction of sp³-hybridized carbons (Fsp3) is 0.765. The summed E-state index contributed by atoms with van der Waals surface area (Å²) in [4.78, 5) is 0. The summed E-state index contributed by atoms with van der Waals surface area (Å²) in [7, 11) is -1.93. The summed E-state index contributed by atoms with van der Waals surface area (Å²) in [5.74, 6) is 0. The van der Waals surface area contributed by atoms with Crippen molar-refractivity contribution in [1.29, 1.82) is 0 Å². The third-order valence-corrected chi connectivity index (χ3v) is 5.84. The van der Waals surface area contributed by atoms with Crippen molar-refractivity contribution in [2.45, 2.75) is 84.4 Å². The van der Waals surface area contributed by atoms with Crippen LogP contribution in [0.3, 0.4) is 0 Å². The third-order valence-electron chi connectivity index (χ3n) is 3.37. The Labute approximate surface area is 131 Å². The summed E-state index contributed by atoms with van der Waals surface area (Å²) in [6, 6.07) is 0. The van der Waals surface area contributed by atoms with E-state index in [-0.39, 0.29) is 0 Å². The minimum absolute atomic E-state index is 0.899. The molecule has 0 heterocycles. The van der Waals surface area contributed by atoms with Crippen LogP contribution in [0.5, 0.6) is 0 Å². The molecule has 0 aromatic heterocycles. The van der Waals surface area contributed by atoms with Crippen LogP contribution in [0.2, 0.25) is 58.7 Å². The lowest BCUT2D eigenvalue weighted by Crippen LogP contribution is -2.15. The van der Waals surface area contributed by atoms with Gasteiger partial charge in [-0.2, -0.15) is 0 Å². The van der Waals surface area contributed by atoms with Crippen LogP contribution in [0.1, 0.15) is 25.7 Å². The van der Waals surface area contributed by atoms with Crippen LogP contribution < -0.4 is 0 Å². The van der Waals surface area contributed by atoms with Crippen LogP contribution in [0.4, 0.5) is 0 Å². The van der Waals surface area contributed by atoms with Gasteiger partial charge < -0.3 is 0 Å². The Morgan fingerprint density at radius 3 is 1.35 bits per heavy atom. The molecule has 0 nitrogen and oxygen atoms in total. The zero-order valence-electron chi connectivity index (χ0n) is 15.1. The highest BCUT2D eigenvalue weighted by Crippen LogP contribution is 2.12. The molecule has 0 fully saturated rings. The first-order valence-electron chi connectivity index (χ1n) is 8.45. The Hall–Kier alpha value is -0.0213. The first-order valence-corrected chi connectivity index (χ1v) is 15.6. The van der Waals surface area contributed by atoms with Crippen molar-refractivity contribution in [2.24, 2.45) is 0 Å². The summed E-state index contributed by atoms with van der Waals surface area (Å²) in [6.45, 7) is 17.7. The van der Waals surface area contributed by atoms with Crippen molar-refractivity contribution in [3.63, 3.8) is 0 Å². The van der Waals surface area contributed by atoms with E-state index >= 15 is 0 Å². The Kier molecular flexibility index (Phi) is 9.82. The highest BCUT2D eigenvalue weighted by atomic mass is 28.3. The molecule has 0 saturated heterocycles. The van der Waals surface area contributed by atoms with Crippen molar-refractivity contribution in [2.75, 3.05) is 0 Å². The molecule has 0 aromatic carbocycles. The Morgan fingerprint density at radius 2 is 1.05 bits per heavy atom. The molecule has 0 N–H and O–H groups in total. The predicted molar refractivity (Wildman–Crippen MR) is 105 cm³/mol. The van der Waals surface area contributed by atoms with Gasteiger partial charge in [-0.15, -0.1) is 0 Å². The first-order chi connectivity index (χ1) is 9.10. The lowest BCUT2D eigenvalue weighted by Gasteiger charge is -2.09. The largest absolute Gasteiger partial charge is 0.136 e. The lowest BCUT2D eigenvalue weighted by atomic mass is 9.46. The summed E-state index contributed by atoms with van der Waals surface area (Å²) in [5, 5.41) is 0. The summed E-state index contributed by atoms with van der Waals surface area (Å²) < 4.78 is 0. The maximum atomic E-state index is 2.48. The summed E-state index contributed by atoms with van der Waals surface area (Å²) in [5.41, 5.74) is 4.97. The average molecular weight is 308 g/mol. The number of hydrogen-bond donors (Lipinski definition) is 0. The normalized spacial score (nSPS) is 13.6. The molecule has 0 amide bonds. The van der Waals surface area contributed by atoms with Gasteiger partial charge in [0.05, 0.1) is 16.1 Å². The van der Waals surface area contributed by atoms with Crippen molar-refractivity contribution in [3.8, 4) is 0 Å². The van der Waals surface area contributed by atoms with E-state index in [1.54, 1.807) is 0 Å². The third kappa shape index (κ3) is 16.0. The highest BCUT2D eigenvalue weighted by Gasteiger charge is 2.08. The minimum atomic E-state index is -0.965. The molecule has 0 atom stereocenters. The predicted octanol–water partition coefficient (Wildman–Crippen LogP) is 6.54. The van der Waals surface area contributed by atoms with Crippen molar-refractivity contribution < 1.29 is 0 Å². The zero-order valence-corrected chi connectivity index (χ0v) is 17.1. The van der Waals surface area contributed by atoms with Gasteiger partial charge in [-0.1, -0.05) is 95.1 Å². The zero-order chi connectivity index (χ0) is 15.6. The summed E-state index contributed by atoms with van der Waals surface area (Å²) in [6.07, 6.45) is 12.9. The van der Waals surface area contributed by atoms with Crippen molar-refractivity contribution >= 4 is 22.9 Å². The van der Waals surface area contributed by atoms with Crippen LogP contribution in [-0.2, 0) is 0 Å². The lowest BCUT2D eigenvalue weighted by molar-refractivity contribution is 0.903. The maximum Gasteiger partial charge on any atom is 0.136 e. The van der Waals surface area contributed by atoms with Gasteiger partial charge in [0.2, 0.25) is 0 Å². The Balaban J connectivity index is 3.58. The standard InChI is InChI=1S/C17H37BSi2/c1-18(14-10-8-12-16-19(2,3)4)15-11-9-13-17-20(5,6)7/h12-13,16-17H,8-11,14-15H2,1-7H3/b16-12+,17-13+. The number of unbranched alkanes of at least 4 members (excludes halogenated alkanes) is 2. The Bertz CT molecular complexity index is 265. The van der Waals surface area contributed by atoms with Crippen LogP contribution in [0.15, 0.2) is 23.6 Å². The second kappa shape index (κ2) is 9.83. The molecule has 0 unspecified atom stereocenters. The van der Waals surface area contributed by atoms with Crippen LogP contribution in [0.25, 0.3) is 0 Å². The topological polar surface area (TPSA) is 0 Å². The smallest absolute Gasteiger partial charge is 0.0989 e. The van der Waals surface area contributed by atoms with Crippen molar-refractivity contribution in [3.05, 3.63) is 23.6 Å². The van der Waals surface area contributed by atoms with E-state index in [2.05, 4.69) is 69.7 Å². The molecule has 0 aliphatic heterocycles. The van der Waals surface area contributed by atoms with Gasteiger partial charge in [-0.3, -0.25) is 0 Å². The molecule has 0 aromatic rings. The Morgan fingerprint density at radius 1 is 0.700 bits per heavy atom. The van der Waals surface area contributed by atoms with Gasteiger partial charge in [0.25, 0.3) is 0 Å². The monoisotopic (exact) mass is 308 g/mol. The summed E-state index contributed by atoms with van der Waals surface area (Å²) >= 11 is 0. The van der Waals surface area contributed by atoms with E-state index in [0.717, 1.165) is 6.71 Å². The molecule has 0 bridgehead atoms. The van der Waals surface area contributed by atoms with Gasteiger partial charge in [-0.25, -0.2) is 0 Å². The van der Waals surface area contributed by atoms with E-state index in [4.69, 9.17) is 0 Å². The van der Waals surface area contributed by atoms with E-state index in [0.29, 0.717) is 0 Å². The number of hydrogen-bond acceptors (Lipinski definition) is 0. The van der Waals surface area contributed by atoms with Gasteiger partial charge in [0.1, 0.15) is 6.71 Å². The molecule has 20 heavy (non-hydrogen) atoms. The van der Waals surface area contributed by atoms with E-state index in [9.17, 15) is 0 Å². The molecular weight excluding hydrogens is 271 g/mol. The van der Waals surface area contributed by atoms with E-state index < -0.39 is 16.1 Å². The fourth-order valence-electron chi connectivity index (χ4n) is 2.19. The quantitative estimate of drug-likeness (QED) is 0.317.